The molecule has 96 valence electrons. The molecule has 0 saturated carbocycles. The monoisotopic (exact) mass is 242 g/mol. The van der Waals surface area contributed by atoms with Crippen molar-refractivity contribution < 1.29 is 0 Å². The van der Waals surface area contributed by atoms with Gasteiger partial charge in [-0.25, -0.2) is 0 Å². The molecule has 0 aliphatic heterocycles. The van der Waals surface area contributed by atoms with Gasteiger partial charge in [-0.1, -0.05) is 44.2 Å². The highest BCUT2D eigenvalue weighted by molar-refractivity contribution is 5.31. The first-order chi connectivity index (χ1) is 8.58. The highest BCUT2D eigenvalue weighted by Gasteiger charge is 2.12. The minimum atomic E-state index is 0.632. The molecule has 0 N–H and O–H groups in total. The average Bonchev–Trinajstić information content (AvgIpc) is 2.58. The summed E-state index contributed by atoms with van der Waals surface area (Å²) >= 11 is 0. The summed E-state index contributed by atoms with van der Waals surface area (Å²) in [5, 5.41) is 4.66. The smallest absolute Gasteiger partial charge is 0.0631 e. The zero-order valence-electron chi connectivity index (χ0n) is 11.8. The third-order valence-corrected chi connectivity index (χ3v) is 3.29. The molecule has 2 heteroatoms. The van der Waals surface area contributed by atoms with Gasteiger partial charge in [0, 0.05) is 24.2 Å². The summed E-state index contributed by atoms with van der Waals surface area (Å²) in [6.45, 7) is 9.75. The number of hydrogen-bond donors (Lipinski definition) is 0. The predicted octanol–water partition coefficient (Wildman–Crippen LogP) is 3.75. The third-order valence-electron chi connectivity index (χ3n) is 3.29. The lowest BCUT2D eigenvalue weighted by Crippen LogP contribution is -2.08. The van der Waals surface area contributed by atoms with E-state index in [9.17, 15) is 0 Å². The van der Waals surface area contributed by atoms with Gasteiger partial charge in [-0.3, -0.25) is 4.68 Å². The lowest BCUT2D eigenvalue weighted by Gasteiger charge is -2.08. The molecule has 2 aromatic rings. The van der Waals surface area contributed by atoms with Crippen molar-refractivity contribution >= 4 is 0 Å². The van der Waals surface area contributed by atoms with Crippen LogP contribution in [-0.2, 0) is 13.0 Å². The molecule has 2 nitrogen and oxygen atoms in total. The molecule has 0 bridgehead atoms. The minimum absolute atomic E-state index is 0.632. The van der Waals surface area contributed by atoms with Crippen LogP contribution in [0.4, 0.5) is 0 Å². The van der Waals surface area contributed by atoms with Crippen molar-refractivity contribution in [3.05, 3.63) is 52.8 Å². The van der Waals surface area contributed by atoms with Crippen LogP contribution in [0.2, 0.25) is 0 Å². The lowest BCUT2D eigenvalue weighted by molar-refractivity contribution is 0.472. The fourth-order valence-corrected chi connectivity index (χ4v) is 2.31. The van der Waals surface area contributed by atoms with Gasteiger partial charge in [0.2, 0.25) is 0 Å². The molecular weight excluding hydrogens is 220 g/mol. The molecule has 1 aromatic carbocycles. The van der Waals surface area contributed by atoms with E-state index in [-0.39, 0.29) is 0 Å². The van der Waals surface area contributed by atoms with Gasteiger partial charge in [-0.05, 0) is 25.3 Å². The van der Waals surface area contributed by atoms with Crippen molar-refractivity contribution in [2.24, 2.45) is 5.92 Å². The Balaban J connectivity index is 2.26. The van der Waals surface area contributed by atoms with E-state index in [2.05, 4.69) is 67.8 Å². The summed E-state index contributed by atoms with van der Waals surface area (Å²) in [6.07, 6.45) is 0.983. The molecule has 1 aromatic heterocycles. The number of benzene rings is 1. The first-order valence-electron chi connectivity index (χ1n) is 6.64. The quantitative estimate of drug-likeness (QED) is 0.798. The second-order valence-corrected chi connectivity index (χ2v) is 5.39. The molecule has 1 heterocycles. The highest BCUT2D eigenvalue weighted by Crippen LogP contribution is 2.18. The summed E-state index contributed by atoms with van der Waals surface area (Å²) in [4.78, 5) is 0. The van der Waals surface area contributed by atoms with Gasteiger partial charge in [0.15, 0.2) is 0 Å². The van der Waals surface area contributed by atoms with Crippen molar-refractivity contribution in [3.8, 4) is 0 Å². The summed E-state index contributed by atoms with van der Waals surface area (Å²) in [5.41, 5.74) is 5.21. The lowest BCUT2D eigenvalue weighted by atomic mass is 10.0. The Kier molecular flexibility index (Phi) is 3.85. The molecule has 0 aliphatic rings. The van der Waals surface area contributed by atoms with Crippen LogP contribution in [-0.4, -0.2) is 9.78 Å². The van der Waals surface area contributed by atoms with Crippen molar-refractivity contribution in [1.29, 1.82) is 0 Å². The first kappa shape index (κ1) is 12.9. The number of rotatable bonds is 4. The average molecular weight is 242 g/mol. The molecule has 0 unspecified atom stereocenters. The van der Waals surface area contributed by atoms with Crippen LogP contribution in [0.5, 0.6) is 0 Å². The molecule has 0 radical (unpaired) electrons. The molecule has 0 saturated heterocycles. The van der Waals surface area contributed by atoms with Crippen molar-refractivity contribution in [2.75, 3.05) is 0 Å². The van der Waals surface area contributed by atoms with Crippen LogP contribution in [0, 0.1) is 19.8 Å². The zero-order valence-corrected chi connectivity index (χ0v) is 11.8. The van der Waals surface area contributed by atoms with Crippen LogP contribution >= 0.6 is 0 Å². The highest BCUT2D eigenvalue weighted by atomic mass is 15.3. The van der Waals surface area contributed by atoms with E-state index >= 15 is 0 Å². The number of hydrogen-bond acceptors (Lipinski definition) is 1. The Morgan fingerprint density at radius 3 is 2.39 bits per heavy atom. The summed E-state index contributed by atoms with van der Waals surface area (Å²) in [6, 6.07) is 10.6. The van der Waals surface area contributed by atoms with Gasteiger partial charge in [0.25, 0.3) is 0 Å². The van der Waals surface area contributed by atoms with Crippen LogP contribution in [0.1, 0.15) is 36.4 Å². The Bertz CT molecular complexity index is 509. The largest absolute Gasteiger partial charge is 0.269 e. The molecule has 0 fully saturated rings. The molecule has 2 rings (SSSR count). The number of aromatic nitrogens is 2. The van der Waals surface area contributed by atoms with E-state index < -0.39 is 0 Å². The summed E-state index contributed by atoms with van der Waals surface area (Å²) < 4.78 is 2.15. The molecule has 0 atom stereocenters. The number of aryl methyl sites for hydroxylation is 1. The second-order valence-electron chi connectivity index (χ2n) is 5.39. The maximum atomic E-state index is 4.66. The zero-order chi connectivity index (χ0) is 13.1. The van der Waals surface area contributed by atoms with Crippen LogP contribution in [0.25, 0.3) is 0 Å². The van der Waals surface area contributed by atoms with Crippen LogP contribution < -0.4 is 0 Å². The van der Waals surface area contributed by atoms with Gasteiger partial charge in [-0.2, -0.15) is 5.10 Å². The van der Waals surface area contributed by atoms with Gasteiger partial charge in [-0.15, -0.1) is 0 Å². The molecule has 18 heavy (non-hydrogen) atoms. The third kappa shape index (κ3) is 2.81. The standard InChI is InChI=1S/C16H22N2/c1-12(2)11-18-14(4)16(13(3)17-18)10-15-8-6-5-7-9-15/h5-9,12H,10-11H2,1-4H3. The molecular formula is C16H22N2. The Morgan fingerprint density at radius 1 is 1.11 bits per heavy atom. The fourth-order valence-electron chi connectivity index (χ4n) is 2.31. The summed E-state index contributed by atoms with van der Waals surface area (Å²) in [5.74, 6) is 0.632. The Labute approximate surface area is 110 Å². The minimum Gasteiger partial charge on any atom is -0.269 e. The van der Waals surface area contributed by atoms with Crippen molar-refractivity contribution in [1.82, 2.24) is 9.78 Å². The topological polar surface area (TPSA) is 17.8 Å². The molecule has 0 amide bonds. The van der Waals surface area contributed by atoms with E-state index in [1.54, 1.807) is 0 Å². The van der Waals surface area contributed by atoms with Crippen molar-refractivity contribution in [2.45, 2.75) is 40.7 Å². The number of nitrogens with zero attached hydrogens (tertiary/aromatic N) is 2. The van der Waals surface area contributed by atoms with Gasteiger partial charge >= 0.3 is 0 Å². The predicted molar refractivity (Wildman–Crippen MR) is 75.8 cm³/mol. The first-order valence-corrected chi connectivity index (χ1v) is 6.64. The second kappa shape index (κ2) is 5.38. The van der Waals surface area contributed by atoms with E-state index in [0.717, 1.165) is 18.7 Å². The van der Waals surface area contributed by atoms with E-state index in [1.807, 2.05) is 0 Å². The SMILES string of the molecule is Cc1nn(CC(C)C)c(C)c1Cc1ccccc1. The normalized spacial score (nSPS) is 11.2. The van der Waals surface area contributed by atoms with Crippen LogP contribution in [0.3, 0.4) is 0 Å². The van der Waals surface area contributed by atoms with E-state index in [0.29, 0.717) is 5.92 Å². The Morgan fingerprint density at radius 2 is 1.78 bits per heavy atom. The van der Waals surface area contributed by atoms with Crippen molar-refractivity contribution in [3.63, 3.8) is 0 Å². The maximum absolute atomic E-state index is 4.66. The maximum Gasteiger partial charge on any atom is 0.0631 e. The van der Waals surface area contributed by atoms with Gasteiger partial charge in [0.05, 0.1) is 5.69 Å². The van der Waals surface area contributed by atoms with E-state index in [4.69, 9.17) is 0 Å². The molecule has 0 aliphatic carbocycles. The van der Waals surface area contributed by atoms with Crippen LogP contribution in [0.15, 0.2) is 30.3 Å². The van der Waals surface area contributed by atoms with E-state index in [1.165, 1.54) is 16.8 Å². The molecule has 0 spiro atoms. The van der Waals surface area contributed by atoms with Gasteiger partial charge in [0.1, 0.15) is 0 Å². The Hall–Kier alpha value is -1.57. The fraction of sp³-hybridized carbons (Fsp3) is 0.438. The van der Waals surface area contributed by atoms with Gasteiger partial charge < -0.3 is 0 Å². The summed E-state index contributed by atoms with van der Waals surface area (Å²) in [7, 11) is 0.